The van der Waals surface area contributed by atoms with Crippen molar-refractivity contribution in [3.8, 4) is 0 Å². The molecule has 0 N–H and O–H groups in total. The van der Waals surface area contributed by atoms with E-state index in [1.807, 2.05) is 0 Å². The zero-order valence-electron chi connectivity index (χ0n) is 7.17. The maximum atomic E-state index is 13.0. The van der Waals surface area contributed by atoms with Crippen LogP contribution in [0.1, 0.15) is 25.3 Å². The minimum Gasteiger partial charge on any atom is -0.299 e. The Morgan fingerprint density at radius 1 is 1.42 bits per heavy atom. The predicted molar refractivity (Wildman–Crippen MR) is 45.5 cm³/mol. The van der Waals surface area contributed by atoms with E-state index < -0.39 is 0 Å². The summed E-state index contributed by atoms with van der Waals surface area (Å²) in [4.78, 5) is 10.9. The second-order valence-electron chi connectivity index (χ2n) is 2.85. The van der Waals surface area contributed by atoms with Crippen molar-refractivity contribution in [2.24, 2.45) is 0 Å². The van der Waals surface area contributed by atoms with Gasteiger partial charge in [-0.25, -0.2) is 4.39 Å². The van der Waals surface area contributed by atoms with Crippen molar-refractivity contribution in [2.75, 3.05) is 0 Å². The Morgan fingerprint density at radius 2 is 2.00 bits per heavy atom. The summed E-state index contributed by atoms with van der Waals surface area (Å²) in [6.07, 6.45) is 0. The largest absolute Gasteiger partial charge is 0.299 e. The highest BCUT2D eigenvalue weighted by molar-refractivity contribution is 5.82. The van der Waals surface area contributed by atoms with Crippen molar-refractivity contribution in [2.45, 2.75) is 19.8 Å². The van der Waals surface area contributed by atoms with Gasteiger partial charge in [-0.2, -0.15) is 0 Å². The van der Waals surface area contributed by atoms with Gasteiger partial charge in [-0.15, -0.1) is 0 Å². The Hall–Kier alpha value is -1.18. The number of hydrogen-bond donors (Lipinski definition) is 0. The standard InChI is InChI=1S/C10H11FO/c1-7(8(2)12)9-5-3-4-6-10(9)11/h3-7H,1-2H3. The normalized spacial score (nSPS) is 12.6. The van der Waals surface area contributed by atoms with Gasteiger partial charge >= 0.3 is 0 Å². The average molecular weight is 166 g/mol. The summed E-state index contributed by atoms with van der Waals surface area (Å²) in [5, 5.41) is 0. The van der Waals surface area contributed by atoms with Gasteiger partial charge < -0.3 is 0 Å². The second-order valence-corrected chi connectivity index (χ2v) is 2.85. The van der Waals surface area contributed by atoms with Gasteiger partial charge in [-0.3, -0.25) is 4.79 Å². The van der Waals surface area contributed by atoms with Gasteiger partial charge in [0.05, 0.1) is 0 Å². The Kier molecular flexibility index (Phi) is 2.58. The fourth-order valence-corrected chi connectivity index (χ4v) is 1.05. The van der Waals surface area contributed by atoms with Crippen LogP contribution in [0.5, 0.6) is 0 Å². The highest BCUT2D eigenvalue weighted by atomic mass is 19.1. The van der Waals surface area contributed by atoms with Crippen molar-refractivity contribution in [1.29, 1.82) is 0 Å². The molecule has 64 valence electrons. The molecule has 0 aliphatic rings. The monoisotopic (exact) mass is 166 g/mol. The van der Waals surface area contributed by atoms with E-state index in [2.05, 4.69) is 0 Å². The van der Waals surface area contributed by atoms with Gasteiger partial charge in [0.2, 0.25) is 0 Å². The van der Waals surface area contributed by atoms with Gasteiger partial charge in [0.1, 0.15) is 11.6 Å². The van der Waals surface area contributed by atoms with Crippen LogP contribution >= 0.6 is 0 Å². The summed E-state index contributed by atoms with van der Waals surface area (Å²) in [6, 6.07) is 6.36. The Labute approximate surface area is 71.2 Å². The first-order valence-electron chi connectivity index (χ1n) is 3.88. The van der Waals surface area contributed by atoms with Crippen LogP contribution in [0.4, 0.5) is 4.39 Å². The molecule has 0 bridgehead atoms. The minimum absolute atomic E-state index is 0.0138. The third-order valence-corrected chi connectivity index (χ3v) is 1.98. The second kappa shape index (κ2) is 3.48. The molecule has 1 aromatic rings. The molecule has 0 saturated carbocycles. The summed E-state index contributed by atoms with van der Waals surface area (Å²) in [5.41, 5.74) is 0.477. The maximum absolute atomic E-state index is 13.0. The molecule has 0 amide bonds. The number of carbonyl (C=O) groups excluding carboxylic acids is 1. The first-order chi connectivity index (χ1) is 5.63. The summed E-state index contributed by atoms with van der Waals surface area (Å²) in [5.74, 6) is -0.661. The number of benzene rings is 1. The number of halogens is 1. The molecule has 1 rings (SSSR count). The zero-order valence-corrected chi connectivity index (χ0v) is 7.17. The smallest absolute Gasteiger partial charge is 0.137 e. The van der Waals surface area contributed by atoms with Crippen LogP contribution in [0, 0.1) is 5.82 Å². The summed E-state index contributed by atoms with van der Waals surface area (Å²) in [6.45, 7) is 3.18. The Balaban J connectivity index is 3.02. The molecule has 0 radical (unpaired) electrons. The maximum Gasteiger partial charge on any atom is 0.137 e. The molecule has 1 unspecified atom stereocenters. The van der Waals surface area contributed by atoms with E-state index in [9.17, 15) is 9.18 Å². The van der Waals surface area contributed by atoms with Crippen LogP contribution in [0.15, 0.2) is 24.3 Å². The number of hydrogen-bond acceptors (Lipinski definition) is 1. The van der Waals surface area contributed by atoms with Crippen molar-refractivity contribution < 1.29 is 9.18 Å². The van der Waals surface area contributed by atoms with Gasteiger partial charge in [0, 0.05) is 5.92 Å². The van der Waals surface area contributed by atoms with Gasteiger partial charge in [0.25, 0.3) is 0 Å². The molecule has 12 heavy (non-hydrogen) atoms. The van der Waals surface area contributed by atoms with Crippen LogP contribution in [0.3, 0.4) is 0 Å². The first kappa shape index (κ1) is 8.91. The summed E-state index contributed by atoms with van der Waals surface area (Å²) < 4.78 is 13.0. The van der Waals surface area contributed by atoms with E-state index in [1.54, 1.807) is 25.1 Å². The van der Waals surface area contributed by atoms with Crippen molar-refractivity contribution in [1.82, 2.24) is 0 Å². The van der Waals surface area contributed by atoms with E-state index in [0.29, 0.717) is 5.56 Å². The van der Waals surface area contributed by atoms with Crippen LogP contribution in [-0.4, -0.2) is 5.78 Å². The third-order valence-electron chi connectivity index (χ3n) is 1.98. The Bertz CT molecular complexity index is 294. The lowest BCUT2D eigenvalue weighted by atomic mass is 9.97. The molecule has 0 fully saturated rings. The molecule has 0 aromatic heterocycles. The lowest BCUT2D eigenvalue weighted by Crippen LogP contribution is -2.05. The number of ketones is 1. The van der Waals surface area contributed by atoms with Crippen LogP contribution in [0.25, 0.3) is 0 Å². The quantitative estimate of drug-likeness (QED) is 0.659. The van der Waals surface area contributed by atoms with Gasteiger partial charge in [0.15, 0.2) is 0 Å². The van der Waals surface area contributed by atoms with Crippen molar-refractivity contribution in [3.05, 3.63) is 35.6 Å². The molecule has 1 atom stereocenters. The first-order valence-corrected chi connectivity index (χ1v) is 3.88. The SMILES string of the molecule is CC(=O)C(C)c1ccccc1F. The van der Waals surface area contributed by atoms with E-state index in [4.69, 9.17) is 0 Å². The molecule has 0 spiro atoms. The molecular formula is C10H11FO. The molecule has 0 aliphatic heterocycles. The van der Waals surface area contributed by atoms with Gasteiger partial charge in [-0.05, 0) is 18.6 Å². The van der Waals surface area contributed by atoms with E-state index in [1.165, 1.54) is 13.0 Å². The molecule has 1 nitrogen and oxygen atoms in total. The average Bonchev–Trinajstić information content (AvgIpc) is 2.04. The van der Waals surface area contributed by atoms with Crippen LogP contribution in [0.2, 0.25) is 0 Å². The van der Waals surface area contributed by atoms with Crippen LogP contribution in [-0.2, 0) is 4.79 Å². The lowest BCUT2D eigenvalue weighted by molar-refractivity contribution is -0.118. The molecule has 0 saturated heterocycles. The fourth-order valence-electron chi connectivity index (χ4n) is 1.05. The van der Waals surface area contributed by atoms with E-state index in [0.717, 1.165) is 0 Å². The number of rotatable bonds is 2. The minimum atomic E-state index is -0.341. The fraction of sp³-hybridized carbons (Fsp3) is 0.300. The third kappa shape index (κ3) is 1.70. The lowest BCUT2D eigenvalue weighted by Gasteiger charge is -2.07. The van der Waals surface area contributed by atoms with Crippen molar-refractivity contribution in [3.63, 3.8) is 0 Å². The molecule has 1 aromatic carbocycles. The molecule has 2 heteroatoms. The predicted octanol–water partition coefficient (Wildman–Crippen LogP) is 2.52. The highest BCUT2D eigenvalue weighted by Crippen LogP contribution is 2.18. The number of carbonyl (C=O) groups is 1. The molecular weight excluding hydrogens is 155 g/mol. The van der Waals surface area contributed by atoms with Crippen LogP contribution < -0.4 is 0 Å². The number of Topliss-reactive ketones (excluding diaryl/α,β-unsaturated/α-hetero) is 1. The molecule has 0 heterocycles. The zero-order chi connectivity index (χ0) is 9.14. The van der Waals surface area contributed by atoms with E-state index in [-0.39, 0.29) is 17.5 Å². The van der Waals surface area contributed by atoms with E-state index >= 15 is 0 Å². The summed E-state index contributed by atoms with van der Waals surface area (Å²) in [7, 11) is 0. The topological polar surface area (TPSA) is 17.1 Å². The highest BCUT2D eigenvalue weighted by Gasteiger charge is 2.13. The molecule has 0 aliphatic carbocycles. The van der Waals surface area contributed by atoms with Gasteiger partial charge in [-0.1, -0.05) is 25.1 Å². The summed E-state index contributed by atoms with van der Waals surface area (Å²) >= 11 is 0. The van der Waals surface area contributed by atoms with Crippen molar-refractivity contribution >= 4 is 5.78 Å². The Morgan fingerprint density at radius 3 is 2.50 bits per heavy atom.